The van der Waals surface area contributed by atoms with Gasteiger partial charge in [0.15, 0.2) is 5.11 Å². The first-order valence-corrected chi connectivity index (χ1v) is 12.6. The molecular formula is C28H26N6O3S. The Morgan fingerprint density at radius 1 is 1.11 bits per heavy atom. The normalized spacial score (nSPS) is 16.8. The molecule has 2 N–H and O–H groups in total. The van der Waals surface area contributed by atoms with Crippen molar-refractivity contribution in [3.63, 3.8) is 0 Å². The number of benzene rings is 2. The molecule has 38 heavy (non-hydrogen) atoms. The fourth-order valence-corrected chi connectivity index (χ4v) is 5.08. The predicted octanol–water partition coefficient (Wildman–Crippen LogP) is 5.61. The summed E-state index contributed by atoms with van der Waals surface area (Å²) in [4.78, 5) is 29.7. The van der Waals surface area contributed by atoms with Crippen LogP contribution in [0.5, 0.6) is 0 Å². The lowest BCUT2D eigenvalue weighted by atomic mass is 10.00. The molecule has 1 amide bonds. The van der Waals surface area contributed by atoms with E-state index in [-0.39, 0.29) is 23.7 Å². The summed E-state index contributed by atoms with van der Waals surface area (Å²) >= 11 is 5.85. The molecule has 2 aromatic heterocycles. The van der Waals surface area contributed by atoms with E-state index in [1.165, 1.54) is 6.07 Å². The van der Waals surface area contributed by atoms with E-state index in [4.69, 9.17) is 12.2 Å². The van der Waals surface area contributed by atoms with Gasteiger partial charge in [-0.25, -0.2) is 0 Å². The van der Waals surface area contributed by atoms with Crippen LogP contribution >= 0.6 is 12.2 Å². The van der Waals surface area contributed by atoms with E-state index < -0.39 is 4.92 Å². The molecule has 1 aliphatic rings. The van der Waals surface area contributed by atoms with E-state index in [0.29, 0.717) is 17.2 Å². The molecule has 2 atom stereocenters. The largest absolute Gasteiger partial charge is 0.351 e. The number of aromatic nitrogens is 2. The molecule has 9 nitrogen and oxygen atoms in total. The molecule has 10 heteroatoms. The van der Waals surface area contributed by atoms with E-state index in [9.17, 15) is 14.9 Å². The summed E-state index contributed by atoms with van der Waals surface area (Å²) in [5, 5.41) is 18.4. The molecule has 4 aromatic rings. The molecule has 1 saturated heterocycles. The summed E-state index contributed by atoms with van der Waals surface area (Å²) in [7, 11) is 0. The van der Waals surface area contributed by atoms with E-state index in [1.54, 1.807) is 18.3 Å². The summed E-state index contributed by atoms with van der Waals surface area (Å²) in [5.74, 6) is -0.0536. The lowest BCUT2D eigenvalue weighted by Crippen LogP contribution is -2.30. The molecule has 192 valence electrons. The van der Waals surface area contributed by atoms with Crippen LogP contribution in [0.3, 0.4) is 0 Å². The van der Waals surface area contributed by atoms with Crippen molar-refractivity contribution in [2.75, 3.05) is 10.2 Å². The van der Waals surface area contributed by atoms with Gasteiger partial charge in [0.2, 0.25) is 5.91 Å². The average molecular weight is 527 g/mol. The molecule has 0 radical (unpaired) electrons. The zero-order valence-corrected chi connectivity index (χ0v) is 21.7. The summed E-state index contributed by atoms with van der Waals surface area (Å²) in [6.07, 6.45) is 4.02. The minimum atomic E-state index is -0.399. The number of carbonyl (C=O) groups is 1. The Bertz CT molecular complexity index is 1520. The number of nitrogens with zero attached hydrogens (tertiary/aromatic N) is 4. The fraction of sp³-hybridized carbons (Fsp3) is 0.179. The number of amides is 1. The Hall–Kier alpha value is -4.57. The molecule has 0 saturated carbocycles. The fourth-order valence-electron chi connectivity index (χ4n) is 4.74. The number of carbonyl (C=O) groups excluding carboxylic acids is 1. The van der Waals surface area contributed by atoms with Gasteiger partial charge in [-0.15, -0.1) is 0 Å². The highest BCUT2D eigenvalue weighted by atomic mass is 32.1. The SMILES string of the molecule is CCC(=O)Nc1ccc(N2C(=S)N[C@@H](c3ccccn3)[C@H]2c2cccn2-c2cccc([N+](=O)[O-])c2)cc1C. The topological polar surface area (TPSA) is 105 Å². The van der Waals surface area contributed by atoms with Crippen molar-refractivity contribution in [2.24, 2.45) is 0 Å². The molecule has 3 heterocycles. The number of nitrogens with one attached hydrogen (secondary N) is 2. The van der Waals surface area contributed by atoms with Gasteiger partial charge < -0.3 is 20.1 Å². The third-order valence-electron chi connectivity index (χ3n) is 6.58. The van der Waals surface area contributed by atoms with Crippen LogP contribution in [-0.2, 0) is 4.79 Å². The second-order valence-corrected chi connectivity index (χ2v) is 9.36. The van der Waals surface area contributed by atoms with Crippen molar-refractivity contribution < 1.29 is 9.72 Å². The number of aryl methyl sites for hydroxylation is 1. The number of anilines is 2. The zero-order chi connectivity index (χ0) is 26.8. The van der Waals surface area contributed by atoms with Crippen LogP contribution in [-0.4, -0.2) is 25.5 Å². The third kappa shape index (κ3) is 4.73. The first-order chi connectivity index (χ1) is 18.4. The highest BCUT2D eigenvalue weighted by molar-refractivity contribution is 7.80. The van der Waals surface area contributed by atoms with Crippen LogP contribution in [0.4, 0.5) is 17.1 Å². The number of nitro benzene ring substituents is 1. The first-order valence-electron chi connectivity index (χ1n) is 12.2. The Balaban J connectivity index is 1.62. The van der Waals surface area contributed by atoms with Gasteiger partial charge in [-0.2, -0.15) is 0 Å². The van der Waals surface area contributed by atoms with Gasteiger partial charge in [-0.05, 0) is 73.2 Å². The first kappa shape index (κ1) is 25.1. The second-order valence-electron chi connectivity index (χ2n) is 8.98. The predicted molar refractivity (Wildman–Crippen MR) is 150 cm³/mol. The van der Waals surface area contributed by atoms with Crippen LogP contribution in [0.25, 0.3) is 5.69 Å². The van der Waals surface area contributed by atoms with Gasteiger partial charge in [-0.3, -0.25) is 19.9 Å². The van der Waals surface area contributed by atoms with Crippen molar-refractivity contribution in [1.82, 2.24) is 14.9 Å². The number of hydrogen-bond donors (Lipinski definition) is 2. The van der Waals surface area contributed by atoms with Gasteiger partial charge in [-0.1, -0.05) is 19.1 Å². The lowest BCUT2D eigenvalue weighted by Gasteiger charge is -2.29. The molecule has 0 unspecified atom stereocenters. The van der Waals surface area contributed by atoms with Crippen molar-refractivity contribution in [1.29, 1.82) is 0 Å². The Morgan fingerprint density at radius 2 is 1.95 bits per heavy atom. The molecule has 0 spiro atoms. The van der Waals surface area contributed by atoms with Crippen LogP contribution < -0.4 is 15.5 Å². The van der Waals surface area contributed by atoms with Crippen molar-refractivity contribution in [2.45, 2.75) is 32.4 Å². The summed E-state index contributed by atoms with van der Waals surface area (Å²) < 4.78 is 1.94. The summed E-state index contributed by atoms with van der Waals surface area (Å²) in [6, 6.07) is 21.4. The molecule has 5 rings (SSSR count). The summed E-state index contributed by atoms with van der Waals surface area (Å²) in [6.45, 7) is 3.75. The minimum absolute atomic E-state index is 0.0145. The Labute approximate surface area is 225 Å². The molecule has 1 fully saturated rings. The molecule has 2 aromatic carbocycles. The van der Waals surface area contributed by atoms with Crippen molar-refractivity contribution in [3.05, 3.63) is 112 Å². The van der Waals surface area contributed by atoms with Crippen LogP contribution in [0.15, 0.2) is 85.2 Å². The number of rotatable bonds is 7. The second kappa shape index (κ2) is 10.4. The molecule has 1 aliphatic heterocycles. The number of hydrogen-bond acceptors (Lipinski definition) is 5. The van der Waals surface area contributed by atoms with Crippen molar-refractivity contribution in [3.8, 4) is 5.69 Å². The Morgan fingerprint density at radius 3 is 2.66 bits per heavy atom. The monoisotopic (exact) mass is 526 g/mol. The lowest BCUT2D eigenvalue weighted by molar-refractivity contribution is -0.384. The highest BCUT2D eigenvalue weighted by Gasteiger charge is 2.42. The maximum absolute atomic E-state index is 12.0. The minimum Gasteiger partial charge on any atom is -0.351 e. The van der Waals surface area contributed by atoms with Gasteiger partial charge in [0, 0.05) is 48.0 Å². The quantitative estimate of drug-likeness (QED) is 0.183. The number of nitro groups is 1. The highest BCUT2D eigenvalue weighted by Crippen LogP contribution is 2.43. The van der Waals surface area contributed by atoms with Crippen LogP contribution in [0.2, 0.25) is 0 Å². The maximum atomic E-state index is 12.0. The van der Waals surface area contributed by atoms with E-state index in [2.05, 4.69) is 15.6 Å². The molecule has 0 aliphatic carbocycles. The molecule has 0 bridgehead atoms. The average Bonchev–Trinajstić information content (AvgIpc) is 3.54. The van der Waals surface area contributed by atoms with E-state index in [1.807, 2.05) is 84.1 Å². The smallest absolute Gasteiger partial charge is 0.271 e. The van der Waals surface area contributed by atoms with Gasteiger partial charge >= 0.3 is 0 Å². The van der Waals surface area contributed by atoms with Crippen molar-refractivity contribution >= 4 is 40.3 Å². The number of non-ortho nitro benzene ring substituents is 1. The summed E-state index contributed by atoms with van der Waals surface area (Å²) in [5.41, 5.74) is 4.89. The van der Waals surface area contributed by atoms with E-state index in [0.717, 1.165) is 28.3 Å². The number of pyridine rings is 1. The van der Waals surface area contributed by atoms with Crippen LogP contribution in [0.1, 0.15) is 42.4 Å². The maximum Gasteiger partial charge on any atom is 0.271 e. The molecular weight excluding hydrogens is 500 g/mol. The standard InChI is InChI=1S/C28H26N6O3S/c1-3-25(35)30-22-13-12-20(16-18(22)2)33-27(26(31-28(33)38)23-10-4-5-14-29-23)24-11-7-15-32(24)19-8-6-9-21(17-19)34(36)37/h4-17,26-27H,3H2,1-2H3,(H,30,35)(H,31,38)/t26-,27+/m0/s1. The van der Waals surface area contributed by atoms with Gasteiger partial charge in [0.1, 0.15) is 6.04 Å². The van der Waals surface area contributed by atoms with Gasteiger partial charge in [0.05, 0.1) is 22.3 Å². The van der Waals surface area contributed by atoms with Gasteiger partial charge in [0.25, 0.3) is 5.69 Å². The zero-order valence-electron chi connectivity index (χ0n) is 20.9. The number of thiocarbonyl (C=S) groups is 1. The van der Waals surface area contributed by atoms with Crippen LogP contribution in [0, 0.1) is 17.0 Å². The Kier molecular flexibility index (Phi) is 6.89. The third-order valence-corrected chi connectivity index (χ3v) is 6.90. The van der Waals surface area contributed by atoms with E-state index >= 15 is 0 Å².